The Labute approximate surface area is 163 Å². The highest BCUT2D eigenvalue weighted by molar-refractivity contribution is 8.18. The molecule has 0 saturated carbocycles. The van der Waals surface area contributed by atoms with E-state index in [1.807, 2.05) is 54.6 Å². The fourth-order valence-electron chi connectivity index (χ4n) is 2.40. The van der Waals surface area contributed by atoms with Gasteiger partial charge in [0.25, 0.3) is 5.91 Å². The summed E-state index contributed by atoms with van der Waals surface area (Å²) < 4.78 is 10.8. The maximum Gasteiger partial charge on any atom is 0.264 e. The van der Waals surface area contributed by atoms with Crippen molar-refractivity contribution in [2.45, 2.75) is 19.8 Å². The zero-order valence-corrected chi connectivity index (χ0v) is 16.2. The first-order chi connectivity index (χ1) is 13.2. The van der Waals surface area contributed by atoms with Gasteiger partial charge in [-0.25, -0.2) is 4.99 Å². The first-order valence-electron chi connectivity index (χ1n) is 8.84. The van der Waals surface area contributed by atoms with E-state index in [2.05, 4.69) is 17.2 Å². The number of carbonyl (C=O) groups excluding carboxylic acids is 1. The lowest BCUT2D eigenvalue weighted by Crippen LogP contribution is -2.19. The third kappa shape index (κ3) is 5.37. The summed E-state index contributed by atoms with van der Waals surface area (Å²) >= 11 is 1.33. The van der Waals surface area contributed by atoms with Crippen LogP contribution in [-0.2, 0) is 4.79 Å². The third-order valence-electron chi connectivity index (χ3n) is 3.90. The molecule has 1 aliphatic rings. The number of unbranched alkanes of at least 4 members (excludes halogenated alkanes) is 1. The minimum absolute atomic E-state index is 0.143. The summed E-state index contributed by atoms with van der Waals surface area (Å²) in [5.41, 5.74) is 1.70. The molecular weight excluding hydrogens is 360 g/mol. The second-order valence-corrected chi connectivity index (χ2v) is 6.98. The van der Waals surface area contributed by atoms with Gasteiger partial charge in [-0.1, -0.05) is 25.5 Å². The Kier molecular flexibility index (Phi) is 6.54. The molecule has 6 heteroatoms. The van der Waals surface area contributed by atoms with Crippen LogP contribution in [0.25, 0.3) is 6.08 Å². The number of rotatable bonds is 7. The van der Waals surface area contributed by atoms with E-state index >= 15 is 0 Å². The van der Waals surface area contributed by atoms with Crippen LogP contribution in [-0.4, -0.2) is 24.8 Å². The molecule has 0 atom stereocenters. The summed E-state index contributed by atoms with van der Waals surface area (Å²) in [6.45, 7) is 2.86. The molecular formula is C21H22N2O3S. The van der Waals surface area contributed by atoms with Crippen molar-refractivity contribution in [3.05, 3.63) is 59.0 Å². The Morgan fingerprint density at radius 1 is 1.07 bits per heavy atom. The van der Waals surface area contributed by atoms with Crippen LogP contribution in [0, 0.1) is 0 Å². The fraction of sp³-hybridized carbons (Fsp3) is 0.238. The highest BCUT2D eigenvalue weighted by Crippen LogP contribution is 2.29. The van der Waals surface area contributed by atoms with Gasteiger partial charge in [0, 0.05) is 0 Å². The Hall–Kier alpha value is -2.73. The summed E-state index contributed by atoms with van der Waals surface area (Å²) in [5, 5.41) is 3.36. The number of ether oxygens (including phenoxy) is 2. The van der Waals surface area contributed by atoms with E-state index < -0.39 is 0 Å². The highest BCUT2D eigenvalue weighted by Gasteiger charge is 2.23. The summed E-state index contributed by atoms with van der Waals surface area (Å²) in [5.74, 6) is 1.47. The van der Waals surface area contributed by atoms with Gasteiger partial charge in [-0.15, -0.1) is 0 Å². The predicted molar refractivity (Wildman–Crippen MR) is 111 cm³/mol. The molecule has 2 aromatic carbocycles. The molecule has 2 aromatic rings. The van der Waals surface area contributed by atoms with Crippen molar-refractivity contribution in [2.24, 2.45) is 4.99 Å². The van der Waals surface area contributed by atoms with E-state index in [0.29, 0.717) is 10.1 Å². The quantitative estimate of drug-likeness (QED) is 0.554. The van der Waals surface area contributed by atoms with Crippen LogP contribution < -0.4 is 14.8 Å². The molecule has 0 aliphatic carbocycles. The largest absolute Gasteiger partial charge is 0.497 e. The molecule has 3 rings (SSSR count). The van der Waals surface area contributed by atoms with Crippen molar-refractivity contribution >= 4 is 34.6 Å². The van der Waals surface area contributed by atoms with E-state index in [-0.39, 0.29) is 5.91 Å². The molecule has 0 unspecified atom stereocenters. The van der Waals surface area contributed by atoms with E-state index in [1.54, 1.807) is 7.11 Å². The number of thioether (sulfide) groups is 1. The zero-order valence-electron chi connectivity index (χ0n) is 15.4. The Morgan fingerprint density at radius 3 is 2.44 bits per heavy atom. The molecule has 1 N–H and O–H groups in total. The maximum atomic E-state index is 12.2. The molecule has 140 valence electrons. The molecule has 0 bridgehead atoms. The normalized spacial score (nSPS) is 16.6. The number of benzene rings is 2. The van der Waals surface area contributed by atoms with Crippen LogP contribution >= 0.6 is 11.8 Å². The second kappa shape index (κ2) is 9.28. The minimum atomic E-state index is -0.143. The van der Waals surface area contributed by atoms with Crippen LogP contribution in [0.15, 0.2) is 58.4 Å². The first-order valence-corrected chi connectivity index (χ1v) is 9.66. The van der Waals surface area contributed by atoms with Gasteiger partial charge in [-0.3, -0.25) is 4.79 Å². The molecule has 0 radical (unpaired) electrons. The number of methoxy groups -OCH3 is 1. The smallest absolute Gasteiger partial charge is 0.264 e. The Bertz CT molecular complexity index is 843. The van der Waals surface area contributed by atoms with E-state index in [0.717, 1.165) is 42.2 Å². The van der Waals surface area contributed by atoms with Gasteiger partial charge in [-0.05, 0) is 66.2 Å². The van der Waals surface area contributed by atoms with Gasteiger partial charge in [-0.2, -0.15) is 0 Å². The van der Waals surface area contributed by atoms with Gasteiger partial charge >= 0.3 is 0 Å². The standard InChI is InChI=1S/C21H22N2O3S/c1-3-4-13-26-18-9-5-15(6-10-18)14-19-20(24)23-21(27-19)22-16-7-11-17(25-2)12-8-16/h5-12,14H,3-4,13H2,1-2H3,(H,22,23,24)/b19-14-. The van der Waals surface area contributed by atoms with Gasteiger partial charge < -0.3 is 14.8 Å². The molecule has 1 amide bonds. The average molecular weight is 382 g/mol. The van der Waals surface area contributed by atoms with E-state index in [4.69, 9.17) is 9.47 Å². The van der Waals surface area contributed by atoms with E-state index in [9.17, 15) is 4.79 Å². The van der Waals surface area contributed by atoms with Gasteiger partial charge in [0.1, 0.15) is 11.5 Å². The molecule has 27 heavy (non-hydrogen) atoms. The molecule has 1 saturated heterocycles. The summed E-state index contributed by atoms with van der Waals surface area (Å²) in [4.78, 5) is 17.3. The molecule has 1 aliphatic heterocycles. The Morgan fingerprint density at radius 2 is 1.78 bits per heavy atom. The molecule has 5 nitrogen and oxygen atoms in total. The van der Waals surface area contributed by atoms with Crippen LogP contribution in [0.1, 0.15) is 25.3 Å². The van der Waals surface area contributed by atoms with Gasteiger partial charge in [0.2, 0.25) is 0 Å². The van der Waals surface area contributed by atoms with Crippen molar-refractivity contribution in [3.8, 4) is 11.5 Å². The number of nitrogens with zero attached hydrogens (tertiary/aromatic N) is 1. The van der Waals surface area contributed by atoms with Crippen LogP contribution in [0.2, 0.25) is 0 Å². The Balaban J connectivity index is 1.66. The molecule has 1 heterocycles. The lowest BCUT2D eigenvalue weighted by atomic mass is 10.2. The van der Waals surface area contributed by atoms with Gasteiger partial charge in [0.15, 0.2) is 5.17 Å². The predicted octanol–water partition coefficient (Wildman–Crippen LogP) is 4.77. The number of carbonyl (C=O) groups is 1. The highest BCUT2D eigenvalue weighted by atomic mass is 32.2. The summed E-state index contributed by atoms with van der Waals surface area (Å²) in [6.07, 6.45) is 4.00. The average Bonchev–Trinajstić information content (AvgIpc) is 3.03. The monoisotopic (exact) mass is 382 g/mol. The number of aliphatic imine (C=N–C) groups is 1. The maximum absolute atomic E-state index is 12.2. The number of amidine groups is 1. The van der Waals surface area contributed by atoms with Crippen molar-refractivity contribution in [1.29, 1.82) is 0 Å². The molecule has 1 fully saturated rings. The zero-order chi connectivity index (χ0) is 19.1. The van der Waals surface area contributed by atoms with Crippen LogP contribution in [0.5, 0.6) is 11.5 Å². The van der Waals surface area contributed by atoms with Crippen LogP contribution in [0.4, 0.5) is 5.69 Å². The minimum Gasteiger partial charge on any atom is -0.497 e. The number of hydrogen-bond donors (Lipinski definition) is 1. The van der Waals surface area contributed by atoms with Gasteiger partial charge in [0.05, 0.1) is 24.3 Å². The molecule has 0 spiro atoms. The van der Waals surface area contributed by atoms with Crippen molar-refractivity contribution < 1.29 is 14.3 Å². The molecule has 0 aromatic heterocycles. The summed E-state index contributed by atoms with van der Waals surface area (Å²) in [6, 6.07) is 15.1. The topological polar surface area (TPSA) is 59.9 Å². The number of amides is 1. The first kappa shape index (κ1) is 19.0. The second-order valence-electron chi connectivity index (χ2n) is 5.95. The van der Waals surface area contributed by atoms with Crippen molar-refractivity contribution in [1.82, 2.24) is 5.32 Å². The van der Waals surface area contributed by atoms with E-state index in [1.165, 1.54) is 11.8 Å². The summed E-state index contributed by atoms with van der Waals surface area (Å²) in [7, 11) is 1.62. The number of hydrogen-bond acceptors (Lipinski definition) is 5. The lowest BCUT2D eigenvalue weighted by molar-refractivity contribution is -0.115. The lowest BCUT2D eigenvalue weighted by Gasteiger charge is -2.05. The number of nitrogens with one attached hydrogen (secondary N) is 1. The SMILES string of the molecule is CCCCOc1ccc(/C=C2\SC(=Nc3ccc(OC)cc3)NC2=O)cc1. The fourth-order valence-corrected chi connectivity index (χ4v) is 3.24. The van der Waals surface area contributed by atoms with Crippen LogP contribution in [0.3, 0.4) is 0 Å². The van der Waals surface area contributed by atoms with Crippen molar-refractivity contribution in [2.75, 3.05) is 13.7 Å². The third-order valence-corrected chi connectivity index (χ3v) is 4.81. The van der Waals surface area contributed by atoms with Crippen molar-refractivity contribution in [3.63, 3.8) is 0 Å².